The van der Waals surface area contributed by atoms with E-state index < -0.39 is 5.97 Å². The van der Waals surface area contributed by atoms with Gasteiger partial charge in [0.05, 0.1) is 5.92 Å². The highest BCUT2D eigenvalue weighted by Crippen LogP contribution is 2.66. The highest BCUT2D eigenvalue weighted by atomic mass is 16.5. The number of rotatable bonds is 2. The molecule has 4 aliphatic rings. The molecule has 4 aliphatic carbocycles. The fourth-order valence-electron chi connectivity index (χ4n) is 7.37. The lowest BCUT2D eigenvalue weighted by atomic mass is 9.47. The zero-order chi connectivity index (χ0) is 18.7. The van der Waals surface area contributed by atoms with E-state index in [0.717, 1.165) is 51.4 Å². The fraction of sp³-hybridized carbons (Fsp3) is 0.818. The van der Waals surface area contributed by atoms with Gasteiger partial charge in [-0.2, -0.15) is 0 Å². The van der Waals surface area contributed by atoms with E-state index in [-0.39, 0.29) is 28.8 Å². The molecular weight excluding hydrogens is 328 g/mol. The summed E-state index contributed by atoms with van der Waals surface area (Å²) in [7, 11) is 0. The Hall–Kier alpha value is -1.32. The Morgan fingerprint density at radius 3 is 2.58 bits per heavy atom. The minimum atomic E-state index is -0.589. The molecule has 0 unspecified atom stereocenters. The maximum Gasteiger partial charge on any atom is 0.307 e. The molecule has 0 radical (unpaired) electrons. The minimum absolute atomic E-state index is 0.0242. The van der Waals surface area contributed by atoms with Crippen molar-refractivity contribution in [2.24, 2.45) is 34.5 Å². The topological polar surface area (TPSA) is 63.6 Å². The van der Waals surface area contributed by atoms with E-state index in [1.54, 1.807) is 0 Å². The summed E-state index contributed by atoms with van der Waals surface area (Å²) in [5.41, 5.74) is 1.68. The van der Waals surface area contributed by atoms with E-state index >= 15 is 0 Å². The van der Waals surface area contributed by atoms with E-state index in [4.69, 9.17) is 4.74 Å². The summed E-state index contributed by atoms with van der Waals surface area (Å²) in [6, 6.07) is 0. The maximum atomic E-state index is 11.8. The number of hydrogen-bond acceptors (Lipinski definition) is 3. The number of carboxylic acid groups (broad SMARTS) is 1. The first-order valence-electron chi connectivity index (χ1n) is 10.4. The molecule has 4 nitrogen and oxygen atoms in total. The minimum Gasteiger partial charge on any atom is -0.481 e. The largest absolute Gasteiger partial charge is 0.481 e. The van der Waals surface area contributed by atoms with Crippen LogP contribution in [0.5, 0.6) is 0 Å². The molecule has 144 valence electrons. The number of hydrogen-bond donors (Lipinski definition) is 1. The van der Waals surface area contributed by atoms with Crippen LogP contribution < -0.4 is 0 Å². The lowest BCUT2D eigenvalue weighted by molar-refractivity contribution is -0.151. The summed E-state index contributed by atoms with van der Waals surface area (Å²) in [5, 5.41) is 9.70. The van der Waals surface area contributed by atoms with Gasteiger partial charge in [-0.25, -0.2) is 0 Å². The van der Waals surface area contributed by atoms with Gasteiger partial charge in [0.1, 0.15) is 6.10 Å². The van der Waals surface area contributed by atoms with Gasteiger partial charge in [0.25, 0.3) is 0 Å². The number of carboxylic acids is 1. The molecule has 7 atom stereocenters. The van der Waals surface area contributed by atoms with Gasteiger partial charge in [0, 0.05) is 13.3 Å². The second-order valence-corrected chi connectivity index (χ2v) is 9.75. The van der Waals surface area contributed by atoms with Crippen LogP contribution in [-0.2, 0) is 14.3 Å². The Kier molecular flexibility index (Phi) is 4.24. The van der Waals surface area contributed by atoms with Gasteiger partial charge in [0.15, 0.2) is 0 Å². The van der Waals surface area contributed by atoms with Gasteiger partial charge >= 0.3 is 11.9 Å². The molecule has 0 aliphatic heterocycles. The third-order valence-corrected chi connectivity index (χ3v) is 8.69. The summed E-state index contributed by atoms with van der Waals surface area (Å²) in [6.07, 6.45) is 10.6. The summed E-state index contributed by atoms with van der Waals surface area (Å²) in [5.74, 6) is 0.901. The predicted molar refractivity (Wildman–Crippen MR) is 98.4 cm³/mol. The molecule has 0 aromatic rings. The number of carbonyl (C=O) groups excluding carboxylic acids is 1. The molecule has 0 aromatic carbocycles. The van der Waals surface area contributed by atoms with Crippen molar-refractivity contribution in [3.05, 3.63) is 11.6 Å². The van der Waals surface area contributed by atoms with Crippen LogP contribution in [0.25, 0.3) is 0 Å². The van der Waals surface area contributed by atoms with Crippen molar-refractivity contribution in [3.8, 4) is 0 Å². The fourth-order valence-corrected chi connectivity index (χ4v) is 7.37. The molecule has 4 heteroatoms. The van der Waals surface area contributed by atoms with Crippen LogP contribution >= 0.6 is 0 Å². The quantitative estimate of drug-likeness (QED) is 0.578. The summed E-state index contributed by atoms with van der Waals surface area (Å²) < 4.78 is 5.50. The molecule has 0 bridgehead atoms. The Morgan fingerprint density at radius 2 is 1.88 bits per heavy atom. The van der Waals surface area contributed by atoms with Gasteiger partial charge in [-0.3, -0.25) is 9.59 Å². The summed E-state index contributed by atoms with van der Waals surface area (Å²) in [4.78, 5) is 23.1. The van der Waals surface area contributed by atoms with Crippen LogP contribution in [0.1, 0.15) is 72.1 Å². The van der Waals surface area contributed by atoms with Crippen LogP contribution in [0, 0.1) is 34.5 Å². The van der Waals surface area contributed by atoms with Crippen LogP contribution in [0.15, 0.2) is 11.6 Å². The van der Waals surface area contributed by atoms with Crippen molar-refractivity contribution in [1.29, 1.82) is 0 Å². The second-order valence-electron chi connectivity index (χ2n) is 9.75. The lowest BCUT2D eigenvalue weighted by Crippen LogP contribution is -2.51. The van der Waals surface area contributed by atoms with Crippen molar-refractivity contribution in [1.82, 2.24) is 0 Å². The predicted octanol–water partition coefficient (Wildman–Crippen LogP) is 4.58. The van der Waals surface area contributed by atoms with E-state index in [0.29, 0.717) is 17.8 Å². The molecule has 4 rings (SSSR count). The second kappa shape index (κ2) is 6.10. The van der Waals surface area contributed by atoms with E-state index in [1.165, 1.54) is 12.5 Å². The van der Waals surface area contributed by atoms with Gasteiger partial charge in [-0.15, -0.1) is 0 Å². The highest BCUT2D eigenvalue weighted by molar-refractivity contribution is 5.71. The zero-order valence-electron chi connectivity index (χ0n) is 16.3. The van der Waals surface area contributed by atoms with Crippen LogP contribution in [-0.4, -0.2) is 23.1 Å². The van der Waals surface area contributed by atoms with Crippen molar-refractivity contribution in [2.75, 3.05) is 0 Å². The molecule has 3 saturated carbocycles. The molecule has 0 aromatic heterocycles. The van der Waals surface area contributed by atoms with E-state index in [9.17, 15) is 14.7 Å². The van der Waals surface area contributed by atoms with Crippen LogP contribution in [0.4, 0.5) is 0 Å². The van der Waals surface area contributed by atoms with Crippen molar-refractivity contribution >= 4 is 11.9 Å². The number of carbonyl (C=O) groups is 2. The van der Waals surface area contributed by atoms with E-state index in [1.807, 2.05) is 0 Å². The molecule has 26 heavy (non-hydrogen) atoms. The molecular formula is C22H32O4. The van der Waals surface area contributed by atoms with Crippen molar-refractivity contribution in [2.45, 2.75) is 78.2 Å². The Labute approximate surface area is 156 Å². The van der Waals surface area contributed by atoms with Crippen molar-refractivity contribution < 1.29 is 19.4 Å². The third-order valence-electron chi connectivity index (χ3n) is 8.69. The Morgan fingerprint density at radius 1 is 1.12 bits per heavy atom. The maximum absolute atomic E-state index is 11.8. The number of fused-ring (bicyclic) bond motifs is 5. The van der Waals surface area contributed by atoms with Crippen LogP contribution in [0.2, 0.25) is 0 Å². The normalized spacial score (nSPS) is 47.2. The number of allylic oxidation sites excluding steroid dienone is 1. The number of ether oxygens (including phenoxy) is 1. The molecule has 3 fully saturated rings. The summed E-state index contributed by atoms with van der Waals surface area (Å²) in [6.45, 7) is 6.17. The SMILES string of the molecule is CC(=O)O[C@H]1CC[C@@]2(C)C(=CC[C@H]3[C@H]2CC[C@]2(C)[C@@H](C(=O)O)CC[C@@H]32)C1. The van der Waals surface area contributed by atoms with Gasteiger partial charge in [-0.05, 0) is 73.5 Å². The van der Waals surface area contributed by atoms with E-state index in [2.05, 4.69) is 19.9 Å². The average molecular weight is 360 g/mol. The van der Waals surface area contributed by atoms with Crippen LogP contribution in [0.3, 0.4) is 0 Å². The van der Waals surface area contributed by atoms with Gasteiger partial charge < -0.3 is 9.84 Å². The van der Waals surface area contributed by atoms with Gasteiger partial charge in [0.2, 0.25) is 0 Å². The smallest absolute Gasteiger partial charge is 0.307 e. The molecule has 0 heterocycles. The molecule has 1 N–H and O–H groups in total. The summed E-state index contributed by atoms with van der Waals surface area (Å²) >= 11 is 0. The monoisotopic (exact) mass is 360 g/mol. The Balaban J connectivity index is 1.59. The van der Waals surface area contributed by atoms with Gasteiger partial charge in [-0.1, -0.05) is 25.5 Å². The standard InChI is InChI=1S/C22H32O4/c1-13(23)26-15-8-10-21(2)14(12-15)4-5-16-17-6-7-19(20(24)25)22(17,3)11-9-18(16)21/h4,15-19H,5-12H2,1-3H3,(H,24,25)/t15-,16+,17-,18+,19+,21-,22-/m0/s1. The zero-order valence-corrected chi connectivity index (χ0v) is 16.3. The molecule has 0 saturated heterocycles. The molecule has 0 spiro atoms. The van der Waals surface area contributed by atoms with Crippen molar-refractivity contribution in [3.63, 3.8) is 0 Å². The number of aliphatic carboxylic acids is 1. The first kappa shape index (κ1) is 18.1. The third kappa shape index (κ3) is 2.55. The Bertz CT molecular complexity index is 653. The number of esters is 1. The average Bonchev–Trinajstić information content (AvgIpc) is 2.92. The first-order chi connectivity index (χ1) is 12.3. The first-order valence-corrected chi connectivity index (χ1v) is 10.4. The lowest BCUT2D eigenvalue weighted by Gasteiger charge is -2.57. The highest BCUT2D eigenvalue weighted by Gasteiger charge is 2.60. The molecule has 0 amide bonds.